The molecule has 11 heteroatoms. The van der Waals surface area contributed by atoms with Crippen molar-refractivity contribution in [3.05, 3.63) is 64.7 Å². The highest BCUT2D eigenvalue weighted by Crippen LogP contribution is 2.41. The average Bonchev–Trinajstić information content (AvgIpc) is 2.75. The van der Waals surface area contributed by atoms with Crippen LogP contribution in [0.4, 0.5) is 10.5 Å². The van der Waals surface area contributed by atoms with E-state index in [9.17, 15) is 19.5 Å². The number of rotatable bonds is 8. The highest BCUT2D eigenvalue weighted by molar-refractivity contribution is 6.30. The maximum atomic E-state index is 12.8. The Hall–Kier alpha value is -3.69. The summed E-state index contributed by atoms with van der Waals surface area (Å²) in [6.45, 7) is 3.13. The lowest BCUT2D eigenvalue weighted by Gasteiger charge is -2.38. The van der Waals surface area contributed by atoms with Crippen LogP contribution in [0.5, 0.6) is 0 Å². The molecule has 168 valence electrons. The number of nitrogens with one attached hydrogen (secondary N) is 1. The molecule has 0 bridgehead atoms. The Bertz CT molecular complexity index is 1080. The van der Waals surface area contributed by atoms with E-state index in [4.69, 9.17) is 28.0 Å². The molecule has 0 unspecified atom stereocenters. The van der Waals surface area contributed by atoms with Gasteiger partial charge in [-0.1, -0.05) is 35.9 Å². The predicted molar refractivity (Wildman–Crippen MR) is 119 cm³/mol. The molecule has 0 aliphatic heterocycles. The number of carboxylic acid groups (broad SMARTS) is 1. The number of halogens is 1. The molecular weight excluding hydrogens is 438 g/mol. The van der Waals surface area contributed by atoms with Crippen LogP contribution in [0.3, 0.4) is 0 Å². The number of hydrazine groups is 2. The maximum Gasteiger partial charge on any atom is 0.426 e. The van der Waals surface area contributed by atoms with E-state index >= 15 is 0 Å². The molecule has 2 aromatic carbocycles. The minimum atomic E-state index is -2.53. The first-order valence-electron chi connectivity index (χ1n) is 9.28. The van der Waals surface area contributed by atoms with Gasteiger partial charge in [0.25, 0.3) is 0 Å². The molecule has 0 saturated heterocycles. The molecule has 0 heterocycles. The van der Waals surface area contributed by atoms with Gasteiger partial charge in [0.05, 0.1) is 17.4 Å². The van der Waals surface area contributed by atoms with E-state index in [1.807, 2.05) is 0 Å². The summed E-state index contributed by atoms with van der Waals surface area (Å²) in [7, 11) is 0. The van der Waals surface area contributed by atoms with E-state index in [0.29, 0.717) is 5.01 Å². The summed E-state index contributed by atoms with van der Waals surface area (Å²) in [6.07, 6.45) is -0.612. The first-order valence-corrected chi connectivity index (χ1v) is 9.65. The van der Waals surface area contributed by atoms with Crippen molar-refractivity contribution in [2.24, 2.45) is 16.7 Å². The minimum Gasteiger partial charge on any atom is -0.479 e. The molecule has 0 radical (unpaired) electrons. The van der Waals surface area contributed by atoms with E-state index in [1.165, 1.54) is 42.7 Å². The van der Waals surface area contributed by atoms with Gasteiger partial charge in [-0.15, -0.1) is 0 Å². The fraction of sp³-hybridized carbons (Fsp3) is 0.190. The third-order valence-corrected chi connectivity index (χ3v) is 4.57. The van der Waals surface area contributed by atoms with Crippen molar-refractivity contribution in [1.82, 2.24) is 10.4 Å². The molecular formula is C21H22ClN5O5. The van der Waals surface area contributed by atoms with Crippen molar-refractivity contribution in [1.29, 1.82) is 0 Å². The first kappa shape index (κ1) is 24.6. The van der Waals surface area contributed by atoms with E-state index in [1.54, 1.807) is 31.9 Å². The molecule has 2 rings (SSSR count). The van der Waals surface area contributed by atoms with Gasteiger partial charge in [0.15, 0.2) is 0 Å². The Labute approximate surface area is 189 Å². The van der Waals surface area contributed by atoms with Gasteiger partial charge < -0.3 is 15.3 Å². The fourth-order valence-corrected chi connectivity index (χ4v) is 3.23. The maximum absolute atomic E-state index is 12.8. The largest absolute Gasteiger partial charge is 0.479 e. The Balaban J connectivity index is 2.88. The normalized spacial score (nSPS) is 12.7. The van der Waals surface area contributed by atoms with Gasteiger partial charge >= 0.3 is 12.1 Å². The van der Waals surface area contributed by atoms with E-state index in [0.717, 1.165) is 0 Å². The summed E-state index contributed by atoms with van der Waals surface area (Å²) in [5, 5.41) is 11.0. The number of nitrogens with zero attached hydrogens (tertiary/aromatic N) is 2. The zero-order valence-electron chi connectivity index (χ0n) is 17.3. The van der Waals surface area contributed by atoms with Crippen LogP contribution in [0.15, 0.2) is 53.5 Å². The Morgan fingerprint density at radius 3 is 2.53 bits per heavy atom. The van der Waals surface area contributed by atoms with Crippen LogP contribution in [0.2, 0.25) is 5.02 Å². The number of aliphatic carboxylic acids is 1. The van der Waals surface area contributed by atoms with Crippen LogP contribution in [-0.2, 0) is 19.9 Å². The molecule has 0 spiro atoms. The van der Waals surface area contributed by atoms with Crippen molar-refractivity contribution < 1.29 is 24.2 Å². The molecule has 1 atom stereocenters. The van der Waals surface area contributed by atoms with Crippen LogP contribution in [0.25, 0.3) is 5.57 Å². The molecule has 6 N–H and O–H groups in total. The highest BCUT2D eigenvalue weighted by Gasteiger charge is 2.53. The van der Waals surface area contributed by atoms with Crippen molar-refractivity contribution in [2.75, 3.05) is 0 Å². The first-order chi connectivity index (χ1) is 15.2. The van der Waals surface area contributed by atoms with Gasteiger partial charge in [0.2, 0.25) is 5.54 Å². The summed E-state index contributed by atoms with van der Waals surface area (Å²) in [5.41, 5.74) is -0.454. The van der Waals surface area contributed by atoms with Crippen LogP contribution < -0.4 is 17.1 Å². The van der Waals surface area contributed by atoms with Crippen LogP contribution >= 0.6 is 11.6 Å². The summed E-state index contributed by atoms with van der Waals surface area (Å²) in [5.74, 6) is 11.3. The second-order valence-electron chi connectivity index (χ2n) is 6.78. The van der Waals surface area contributed by atoms with Gasteiger partial charge in [0, 0.05) is 5.02 Å². The number of ether oxygens (including phenoxy) is 1. The Morgan fingerprint density at radius 2 is 1.97 bits per heavy atom. The smallest absolute Gasteiger partial charge is 0.426 e. The second kappa shape index (κ2) is 10.6. The molecule has 0 aromatic heterocycles. The Morgan fingerprint density at radius 1 is 1.28 bits per heavy atom. The zero-order chi connectivity index (χ0) is 23.9. The fourth-order valence-electron chi connectivity index (χ4n) is 3.04. The Kier molecular flexibility index (Phi) is 8.11. The number of benzene rings is 2. The summed E-state index contributed by atoms with van der Waals surface area (Å²) >= 11 is 6.05. The predicted octanol–water partition coefficient (Wildman–Crippen LogP) is 2.38. The average molecular weight is 460 g/mol. The third-order valence-electron chi connectivity index (χ3n) is 4.33. The quantitative estimate of drug-likeness (QED) is 0.117. The standard InChI is InChI=1S/C21H22ClN5O5/c1-13(2)32-20(31)27(24)21(19(29)30,15-6-4-8-17(10-15)25-12-26-23)18(11-28)14-5-3-7-16(22)9-14/h3-10,12-13H,23-24H2,1-2H3,(H,25,26)(H,29,30)/t21-/m0/s1. The van der Waals surface area contributed by atoms with Crippen LogP contribution in [0, 0.1) is 0 Å². The summed E-state index contributed by atoms with van der Waals surface area (Å²) < 4.78 is 5.11. The van der Waals surface area contributed by atoms with Gasteiger partial charge in [-0.25, -0.2) is 36.1 Å². The lowest BCUT2D eigenvalue weighted by Crippen LogP contribution is -2.59. The number of hydrogen-bond donors (Lipinski definition) is 4. The van der Waals surface area contributed by atoms with Crippen LogP contribution in [0.1, 0.15) is 25.0 Å². The summed E-state index contributed by atoms with van der Waals surface area (Å²) in [6, 6.07) is 11.6. The zero-order valence-corrected chi connectivity index (χ0v) is 18.0. The number of amides is 1. The minimum absolute atomic E-state index is 0.0572. The summed E-state index contributed by atoms with van der Waals surface area (Å²) in [4.78, 5) is 41.8. The third kappa shape index (κ3) is 4.96. The number of carboxylic acids is 1. The van der Waals surface area contributed by atoms with Crippen molar-refractivity contribution in [2.45, 2.75) is 25.5 Å². The molecule has 32 heavy (non-hydrogen) atoms. The van der Waals surface area contributed by atoms with Crippen molar-refractivity contribution in [3.63, 3.8) is 0 Å². The lowest BCUT2D eigenvalue weighted by atomic mass is 9.79. The number of aliphatic imine (C=N–C) groups is 1. The molecule has 0 aliphatic carbocycles. The molecule has 1 amide bonds. The van der Waals surface area contributed by atoms with Crippen molar-refractivity contribution in [3.8, 4) is 0 Å². The lowest BCUT2D eigenvalue weighted by molar-refractivity contribution is -0.147. The van der Waals surface area contributed by atoms with E-state index in [-0.39, 0.29) is 21.8 Å². The van der Waals surface area contributed by atoms with E-state index in [2.05, 4.69) is 10.4 Å². The van der Waals surface area contributed by atoms with Crippen molar-refractivity contribution >= 4 is 47.2 Å². The monoisotopic (exact) mass is 459 g/mol. The molecule has 2 aromatic rings. The van der Waals surface area contributed by atoms with Crippen LogP contribution in [-0.4, -0.2) is 40.6 Å². The van der Waals surface area contributed by atoms with Gasteiger partial charge in [0.1, 0.15) is 12.3 Å². The number of carbonyl (C=O) groups excluding carboxylic acids is 2. The molecule has 10 nitrogen and oxygen atoms in total. The molecule has 0 fully saturated rings. The van der Waals surface area contributed by atoms with E-state index < -0.39 is 29.3 Å². The van der Waals surface area contributed by atoms with Gasteiger partial charge in [-0.3, -0.25) is 0 Å². The molecule has 0 saturated carbocycles. The topological polar surface area (TPSA) is 160 Å². The number of nitrogens with two attached hydrogens (primary N) is 2. The highest BCUT2D eigenvalue weighted by atomic mass is 35.5. The number of carbonyl (C=O) groups is 2. The molecule has 0 aliphatic rings. The SMILES string of the molecule is CC(C)OC(=O)N(N)[C@](C(=O)O)(C(=C=O)c1cccc(Cl)c1)c1cccc(N=CNN)c1. The second-order valence-corrected chi connectivity index (χ2v) is 7.22. The number of hydrogen-bond acceptors (Lipinski definition) is 7. The van der Waals surface area contributed by atoms with Gasteiger partial charge in [-0.2, -0.15) is 0 Å². The van der Waals surface area contributed by atoms with Gasteiger partial charge in [-0.05, 0) is 49.2 Å².